The summed E-state index contributed by atoms with van der Waals surface area (Å²) in [6.45, 7) is 0.524. The lowest BCUT2D eigenvalue weighted by Crippen LogP contribution is -2.14. The van der Waals surface area contributed by atoms with E-state index in [2.05, 4.69) is 15.9 Å². The molecule has 2 aromatic carbocycles. The summed E-state index contributed by atoms with van der Waals surface area (Å²) in [6, 6.07) is 14.0. The monoisotopic (exact) mass is 369 g/mol. The molecule has 2 rings (SSSR count). The van der Waals surface area contributed by atoms with Crippen molar-refractivity contribution in [3.05, 3.63) is 58.6 Å². The Morgan fingerprint density at radius 2 is 1.86 bits per heavy atom. The fourth-order valence-corrected chi connectivity index (χ4v) is 3.49. The minimum absolute atomic E-state index is 0.0731. The van der Waals surface area contributed by atoms with Crippen LogP contribution in [0.5, 0.6) is 5.75 Å². The fraction of sp³-hybridized carbons (Fsp3) is 0.200. The molecule has 2 aromatic rings. The van der Waals surface area contributed by atoms with Gasteiger partial charge in [0.25, 0.3) is 0 Å². The minimum Gasteiger partial charge on any atom is -0.493 e. The first kappa shape index (κ1) is 16.0. The number of rotatable bonds is 6. The maximum absolute atomic E-state index is 12.2. The third-order valence-electron chi connectivity index (χ3n) is 2.91. The van der Waals surface area contributed by atoms with E-state index in [1.54, 1.807) is 30.3 Å². The van der Waals surface area contributed by atoms with Gasteiger partial charge in [-0.05, 0) is 35.9 Å². The molecular weight excluding hydrogens is 354 g/mol. The molecule has 0 aliphatic heterocycles. The molecule has 0 bridgehead atoms. The van der Waals surface area contributed by atoms with Crippen molar-refractivity contribution in [1.29, 1.82) is 0 Å². The Kier molecular flexibility index (Phi) is 5.39. The van der Waals surface area contributed by atoms with Gasteiger partial charge < -0.3 is 10.5 Å². The number of benzene rings is 2. The lowest BCUT2D eigenvalue weighted by Gasteiger charge is -2.08. The van der Waals surface area contributed by atoms with Crippen LogP contribution in [0.2, 0.25) is 0 Å². The molecule has 0 saturated carbocycles. The molecule has 4 nitrogen and oxygen atoms in total. The van der Waals surface area contributed by atoms with Gasteiger partial charge in [-0.1, -0.05) is 34.1 Å². The maximum Gasteiger partial charge on any atom is 0.181 e. The molecule has 0 heterocycles. The Bertz CT molecular complexity index is 716. The number of hydrogen-bond donors (Lipinski definition) is 1. The second-order valence-corrected chi connectivity index (χ2v) is 7.50. The highest BCUT2D eigenvalue weighted by Crippen LogP contribution is 2.18. The van der Waals surface area contributed by atoms with Crippen molar-refractivity contribution in [3.63, 3.8) is 0 Å². The van der Waals surface area contributed by atoms with E-state index >= 15 is 0 Å². The molecule has 0 aliphatic carbocycles. The molecule has 0 amide bonds. The van der Waals surface area contributed by atoms with E-state index in [4.69, 9.17) is 10.5 Å². The lowest BCUT2D eigenvalue weighted by molar-refractivity contribution is 0.340. The Labute approximate surface area is 133 Å². The molecular formula is C15H16BrNO3S. The highest BCUT2D eigenvalue weighted by atomic mass is 79.9. The minimum atomic E-state index is -3.35. The predicted octanol–water partition coefficient (Wildman–Crippen LogP) is 2.76. The number of hydrogen-bond acceptors (Lipinski definition) is 4. The molecule has 0 aromatic heterocycles. The van der Waals surface area contributed by atoms with Gasteiger partial charge in [0.05, 0.1) is 10.6 Å². The van der Waals surface area contributed by atoms with Gasteiger partial charge in [-0.3, -0.25) is 0 Å². The molecule has 0 radical (unpaired) electrons. The zero-order chi connectivity index (χ0) is 15.3. The van der Waals surface area contributed by atoms with Gasteiger partial charge in [0, 0.05) is 11.0 Å². The zero-order valence-corrected chi connectivity index (χ0v) is 13.7. The van der Waals surface area contributed by atoms with Crippen LogP contribution in [0.25, 0.3) is 0 Å². The van der Waals surface area contributed by atoms with Crippen LogP contribution in [-0.2, 0) is 16.4 Å². The van der Waals surface area contributed by atoms with E-state index in [1.165, 1.54) is 0 Å². The standard InChI is InChI=1S/C15H16BrNO3S/c16-13-4-2-6-15(10-13)21(18,19)8-7-20-14-5-1-3-12(9-14)11-17/h1-6,9-10H,7-8,11,17H2. The Morgan fingerprint density at radius 3 is 2.57 bits per heavy atom. The van der Waals surface area contributed by atoms with Gasteiger partial charge in [0.1, 0.15) is 12.4 Å². The largest absolute Gasteiger partial charge is 0.493 e. The van der Waals surface area contributed by atoms with Crippen molar-refractivity contribution < 1.29 is 13.2 Å². The van der Waals surface area contributed by atoms with Crippen LogP contribution in [0.4, 0.5) is 0 Å². The summed E-state index contributed by atoms with van der Waals surface area (Å²) < 4.78 is 30.6. The SMILES string of the molecule is NCc1cccc(OCCS(=O)(=O)c2cccc(Br)c2)c1. The van der Waals surface area contributed by atoms with Crippen LogP contribution in [-0.4, -0.2) is 20.8 Å². The van der Waals surface area contributed by atoms with Crippen LogP contribution in [0.15, 0.2) is 57.9 Å². The molecule has 0 atom stereocenters. The van der Waals surface area contributed by atoms with E-state index in [0.717, 1.165) is 10.0 Å². The molecule has 0 unspecified atom stereocenters. The van der Waals surface area contributed by atoms with Gasteiger partial charge in [0.2, 0.25) is 0 Å². The molecule has 0 aliphatic rings. The van der Waals surface area contributed by atoms with Gasteiger partial charge in [-0.2, -0.15) is 0 Å². The highest BCUT2D eigenvalue weighted by molar-refractivity contribution is 9.10. The van der Waals surface area contributed by atoms with E-state index in [0.29, 0.717) is 12.3 Å². The van der Waals surface area contributed by atoms with Crippen LogP contribution in [0.1, 0.15) is 5.56 Å². The summed E-state index contributed by atoms with van der Waals surface area (Å²) in [4.78, 5) is 0.288. The van der Waals surface area contributed by atoms with Crippen molar-refractivity contribution >= 4 is 25.8 Å². The Balaban J connectivity index is 1.99. The van der Waals surface area contributed by atoms with Crippen molar-refractivity contribution in [1.82, 2.24) is 0 Å². The first-order valence-electron chi connectivity index (χ1n) is 6.41. The predicted molar refractivity (Wildman–Crippen MR) is 86.0 cm³/mol. The highest BCUT2D eigenvalue weighted by Gasteiger charge is 2.14. The third-order valence-corrected chi connectivity index (χ3v) is 5.08. The fourth-order valence-electron chi connectivity index (χ4n) is 1.81. The second-order valence-electron chi connectivity index (χ2n) is 4.48. The molecule has 2 N–H and O–H groups in total. The summed E-state index contributed by atoms with van der Waals surface area (Å²) in [5, 5.41) is 0. The quantitative estimate of drug-likeness (QED) is 0.849. The summed E-state index contributed by atoms with van der Waals surface area (Å²) in [5.41, 5.74) is 6.50. The van der Waals surface area contributed by atoms with Crippen molar-refractivity contribution in [2.24, 2.45) is 5.73 Å². The first-order valence-corrected chi connectivity index (χ1v) is 8.86. The van der Waals surface area contributed by atoms with Crippen LogP contribution < -0.4 is 10.5 Å². The average molecular weight is 370 g/mol. The number of halogens is 1. The Hall–Kier alpha value is -1.37. The molecule has 0 fully saturated rings. The number of ether oxygens (including phenoxy) is 1. The topological polar surface area (TPSA) is 69.4 Å². The van der Waals surface area contributed by atoms with Crippen LogP contribution in [0, 0.1) is 0 Å². The summed E-state index contributed by atoms with van der Waals surface area (Å²) in [6.07, 6.45) is 0. The van der Waals surface area contributed by atoms with Crippen molar-refractivity contribution in [3.8, 4) is 5.75 Å². The molecule has 6 heteroatoms. The van der Waals surface area contributed by atoms with E-state index < -0.39 is 9.84 Å². The normalized spacial score (nSPS) is 11.3. The molecule has 0 saturated heterocycles. The number of nitrogens with two attached hydrogens (primary N) is 1. The van der Waals surface area contributed by atoms with Crippen LogP contribution >= 0.6 is 15.9 Å². The smallest absolute Gasteiger partial charge is 0.181 e. The summed E-state index contributed by atoms with van der Waals surface area (Å²) in [5.74, 6) is 0.554. The number of sulfone groups is 1. The van der Waals surface area contributed by atoms with Crippen molar-refractivity contribution in [2.75, 3.05) is 12.4 Å². The molecule has 21 heavy (non-hydrogen) atoms. The maximum atomic E-state index is 12.2. The van der Waals surface area contributed by atoms with Gasteiger partial charge in [-0.25, -0.2) is 8.42 Å². The van der Waals surface area contributed by atoms with Gasteiger partial charge in [0.15, 0.2) is 9.84 Å². The lowest BCUT2D eigenvalue weighted by atomic mass is 10.2. The summed E-state index contributed by atoms with van der Waals surface area (Å²) in [7, 11) is -3.35. The molecule has 0 spiro atoms. The molecule has 112 valence electrons. The van der Waals surface area contributed by atoms with Gasteiger partial charge in [-0.15, -0.1) is 0 Å². The van der Waals surface area contributed by atoms with Crippen molar-refractivity contribution in [2.45, 2.75) is 11.4 Å². The van der Waals surface area contributed by atoms with E-state index in [1.807, 2.05) is 18.2 Å². The third kappa shape index (κ3) is 4.56. The first-order chi connectivity index (χ1) is 10.0. The van der Waals surface area contributed by atoms with E-state index in [-0.39, 0.29) is 17.3 Å². The van der Waals surface area contributed by atoms with Crippen LogP contribution in [0.3, 0.4) is 0 Å². The summed E-state index contributed by atoms with van der Waals surface area (Å²) >= 11 is 3.27. The average Bonchev–Trinajstić information content (AvgIpc) is 2.47. The second kappa shape index (κ2) is 7.06. The Morgan fingerprint density at radius 1 is 1.10 bits per heavy atom. The van der Waals surface area contributed by atoms with Gasteiger partial charge >= 0.3 is 0 Å². The van der Waals surface area contributed by atoms with E-state index in [9.17, 15) is 8.42 Å². The zero-order valence-electron chi connectivity index (χ0n) is 11.3.